The molecule has 0 atom stereocenters. The maximum Gasteiger partial charge on any atom is 0.152 e. The lowest BCUT2D eigenvalue weighted by atomic mass is 10.2. The number of hydrogen-bond donors (Lipinski definition) is 1. The molecule has 1 N–H and O–H groups in total. The number of allylic oxidation sites excluding steroid dienone is 1. The minimum Gasteiger partial charge on any atom is -0.390 e. The van der Waals surface area contributed by atoms with E-state index in [1.807, 2.05) is 50.3 Å². The van der Waals surface area contributed by atoms with E-state index in [-0.39, 0.29) is 0 Å². The first-order valence-electron chi connectivity index (χ1n) is 4.82. The van der Waals surface area contributed by atoms with Crippen LogP contribution in [0, 0.1) is 0 Å². The Morgan fingerprint density at radius 2 is 2.07 bits per heavy atom. The summed E-state index contributed by atoms with van der Waals surface area (Å²) in [6.45, 7) is 1.97. The van der Waals surface area contributed by atoms with Crippen molar-refractivity contribution in [1.82, 2.24) is 5.32 Å². The number of hydrogen-bond acceptors (Lipinski definition) is 3. The van der Waals surface area contributed by atoms with Crippen LogP contribution < -0.4 is 10.2 Å². The van der Waals surface area contributed by atoms with Gasteiger partial charge in [-0.2, -0.15) is 0 Å². The molecule has 1 aromatic rings. The van der Waals surface area contributed by atoms with Crippen molar-refractivity contribution in [2.24, 2.45) is 0 Å². The van der Waals surface area contributed by atoms with Crippen LogP contribution in [0.25, 0.3) is 0 Å². The molecule has 1 aromatic carbocycles. The van der Waals surface area contributed by atoms with Gasteiger partial charge in [0, 0.05) is 31.6 Å². The SMILES string of the molecule is CN/C(C)=C\N(C)c1ccccc1C=O. The summed E-state index contributed by atoms with van der Waals surface area (Å²) in [4.78, 5) is 12.8. The van der Waals surface area contributed by atoms with Crippen LogP contribution in [0.4, 0.5) is 5.69 Å². The first kappa shape index (κ1) is 11.3. The molecule has 0 aliphatic heterocycles. The van der Waals surface area contributed by atoms with E-state index in [1.165, 1.54) is 0 Å². The Balaban J connectivity index is 3.00. The standard InChI is InChI=1S/C12H16N2O/c1-10(13-2)8-14(3)12-7-5-4-6-11(12)9-15/h4-9,13H,1-3H3/b10-8-. The highest BCUT2D eigenvalue weighted by Gasteiger charge is 2.03. The highest BCUT2D eigenvalue weighted by molar-refractivity contribution is 5.84. The van der Waals surface area contributed by atoms with Crippen LogP contribution in [0.5, 0.6) is 0 Å². The van der Waals surface area contributed by atoms with Crippen molar-refractivity contribution in [3.8, 4) is 0 Å². The summed E-state index contributed by atoms with van der Waals surface area (Å²) < 4.78 is 0. The number of benzene rings is 1. The highest BCUT2D eigenvalue weighted by Crippen LogP contribution is 2.17. The average molecular weight is 204 g/mol. The molecule has 0 bridgehead atoms. The van der Waals surface area contributed by atoms with Crippen LogP contribution >= 0.6 is 0 Å². The number of para-hydroxylation sites is 1. The Morgan fingerprint density at radius 3 is 2.67 bits per heavy atom. The van der Waals surface area contributed by atoms with Crippen LogP contribution in [0.1, 0.15) is 17.3 Å². The molecule has 0 heterocycles. The quantitative estimate of drug-likeness (QED) is 0.761. The van der Waals surface area contributed by atoms with E-state index in [0.29, 0.717) is 5.56 Å². The topological polar surface area (TPSA) is 32.3 Å². The molecule has 0 aromatic heterocycles. The van der Waals surface area contributed by atoms with Gasteiger partial charge in [0.05, 0.1) is 5.69 Å². The lowest BCUT2D eigenvalue weighted by Gasteiger charge is -2.17. The molecule has 80 valence electrons. The lowest BCUT2D eigenvalue weighted by molar-refractivity contribution is 0.112. The summed E-state index contributed by atoms with van der Waals surface area (Å²) in [5, 5.41) is 3.03. The number of nitrogens with one attached hydrogen (secondary N) is 1. The van der Waals surface area contributed by atoms with E-state index in [1.54, 1.807) is 6.07 Å². The molecule has 0 aliphatic carbocycles. The van der Waals surface area contributed by atoms with Gasteiger partial charge in [-0.1, -0.05) is 12.1 Å². The van der Waals surface area contributed by atoms with Crippen LogP contribution in [0.15, 0.2) is 36.2 Å². The monoisotopic (exact) mass is 204 g/mol. The Morgan fingerprint density at radius 1 is 1.40 bits per heavy atom. The Kier molecular flexibility index (Phi) is 3.92. The molecule has 3 heteroatoms. The van der Waals surface area contributed by atoms with Crippen molar-refractivity contribution >= 4 is 12.0 Å². The second-order valence-corrected chi connectivity index (χ2v) is 3.35. The minimum absolute atomic E-state index is 0.695. The molecule has 0 unspecified atom stereocenters. The molecule has 1 rings (SSSR count). The first-order valence-corrected chi connectivity index (χ1v) is 4.82. The second-order valence-electron chi connectivity index (χ2n) is 3.35. The average Bonchev–Trinajstić information content (AvgIpc) is 2.28. The minimum atomic E-state index is 0.695. The maximum absolute atomic E-state index is 10.8. The summed E-state index contributed by atoms with van der Waals surface area (Å²) in [6, 6.07) is 7.50. The molecular formula is C12H16N2O. The molecule has 0 spiro atoms. The fourth-order valence-corrected chi connectivity index (χ4v) is 1.33. The summed E-state index contributed by atoms with van der Waals surface area (Å²) in [7, 11) is 3.79. The normalized spacial score (nSPS) is 11.0. The van der Waals surface area contributed by atoms with Crippen molar-refractivity contribution in [2.75, 3.05) is 19.0 Å². The molecule has 3 nitrogen and oxygen atoms in total. The zero-order valence-electron chi connectivity index (χ0n) is 9.32. The van der Waals surface area contributed by atoms with Gasteiger partial charge in [0.25, 0.3) is 0 Å². The van der Waals surface area contributed by atoms with Crippen LogP contribution in [-0.4, -0.2) is 20.4 Å². The third-order valence-corrected chi connectivity index (χ3v) is 2.23. The maximum atomic E-state index is 10.8. The number of carbonyl (C=O) groups is 1. The predicted molar refractivity (Wildman–Crippen MR) is 63.0 cm³/mol. The Hall–Kier alpha value is -1.77. The smallest absolute Gasteiger partial charge is 0.152 e. The first-order chi connectivity index (χ1) is 7.19. The fraction of sp³-hybridized carbons (Fsp3) is 0.250. The summed E-state index contributed by atoms with van der Waals surface area (Å²) >= 11 is 0. The number of anilines is 1. The van der Waals surface area contributed by atoms with Gasteiger partial charge in [0.15, 0.2) is 6.29 Å². The van der Waals surface area contributed by atoms with Crippen LogP contribution in [0.3, 0.4) is 0 Å². The van der Waals surface area contributed by atoms with Crippen molar-refractivity contribution < 1.29 is 4.79 Å². The molecule has 15 heavy (non-hydrogen) atoms. The van der Waals surface area contributed by atoms with Gasteiger partial charge < -0.3 is 10.2 Å². The summed E-state index contributed by atoms with van der Waals surface area (Å²) in [6.07, 6.45) is 2.82. The molecule has 0 saturated carbocycles. The van der Waals surface area contributed by atoms with Crippen LogP contribution in [-0.2, 0) is 0 Å². The number of aldehydes is 1. The molecule has 0 amide bonds. The van der Waals surface area contributed by atoms with E-state index in [4.69, 9.17) is 0 Å². The third-order valence-electron chi connectivity index (χ3n) is 2.23. The third kappa shape index (κ3) is 2.84. The number of nitrogens with zero attached hydrogens (tertiary/aromatic N) is 1. The van der Waals surface area contributed by atoms with Crippen LogP contribution in [0.2, 0.25) is 0 Å². The van der Waals surface area contributed by atoms with Gasteiger partial charge in [0.2, 0.25) is 0 Å². The zero-order chi connectivity index (χ0) is 11.3. The molecule has 0 fully saturated rings. The number of rotatable bonds is 4. The lowest BCUT2D eigenvalue weighted by Crippen LogP contribution is -2.14. The van der Waals surface area contributed by atoms with Gasteiger partial charge in [-0.3, -0.25) is 4.79 Å². The van der Waals surface area contributed by atoms with E-state index < -0.39 is 0 Å². The summed E-state index contributed by atoms with van der Waals surface area (Å²) in [5.74, 6) is 0. The predicted octanol–water partition coefficient (Wildman–Crippen LogP) is 2.02. The van der Waals surface area contributed by atoms with E-state index in [2.05, 4.69) is 5.32 Å². The van der Waals surface area contributed by atoms with E-state index in [9.17, 15) is 4.79 Å². The fourth-order valence-electron chi connectivity index (χ4n) is 1.33. The van der Waals surface area contributed by atoms with Crippen molar-refractivity contribution in [2.45, 2.75) is 6.92 Å². The molecule has 0 aliphatic rings. The highest BCUT2D eigenvalue weighted by atomic mass is 16.1. The van der Waals surface area contributed by atoms with E-state index >= 15 is 0 Å². The van der Waals surface area contributed by atoms with Gasteiger partial charge in [-0.05, 0) is 19.1 Å². The van der Waals surface area contributed by atoms with Gasteiger partial charge in [0.1, 0.15) is 0 Å². The van der Waals surface area contributed by atoms with Crippen molar-refractivity contribution in [1.29, 1.82) is 0 Å². The molecule has 0 saturated heterocycles. The van der Waals surface area contributed by atoms with Gasteiger partial charge in [-0.25, -0.2) is 0 Å². The number of carbonyl (C=O) groups excluding carboxylic acids is 1. The van der Waals surface area contributed by atoms with E-state index in [0.717, 1.165) is 17.7 Å². The van der Waals surface area contributed by atoms with Crippen molar-refractivity contribution in [3.05, 3.63) is 41.7 Å². The van der Waals surface area contributed by atoms with Crippen molar-refractivity contribution in [3.63, 3.8) is 0 Å². The second kappa shape index (κ2) is 5.20. The zero-order valence-corrected chi connectivity index (χ0v) is 9.32. The summed E-state index contributed by atoms with van der Waals surface area (Å²) in [5.41, 5.74) is 2.64. The van der Waals surface area contributed by atoms with Gasteiger partial charge in [-0.15, -0.1) is 0 Å². The Labute approximate surface area is 90.4 Å². The Bertz CT molecular complexity index is 372. The van der Waals surface area contributed by atoms with Gasteiger partial charge >= 0.3 is 0 Å². The molecular weight excluding hydrogens is 188 g/mol. The molecule has 0 radical (unpaired) electrons. The largest absolute Gasteiger partial charge is 0.390 e.